The van der Waals surface area contributed by atoms with Gasteiger partial charge in [-0.05, 0) is 49.8 Å². The van der Waals surface area contributed by atoms with Crippen molar-refractivity contribution in [3.63, 3.8) is 0 Å². The molecule has 2 aromatic rings. The first-order valence-corrected chi connectivity index (χ1v) is 9.78. The van der Waals surface area contributed by atoms with Gasteiger partial charge in [0.2, 0.25) is 0 Å². The summed E-state index contributed by atoms with van der Waals surface area (Å²) in [7, 11) is 0. The average Bonchev–Trinajstić information content (AvgIpc) is 3.27. The Morgan fingerprint density at radius 3 is 2.48 bits per heavy atom. The van der Waals surface area contributed by atoms with E-state index in [2.05, 4.69) is 4.98 Å². The van der Waals surface area contributed by atoms with Crippen LogP contribution in [0.2, 0.25) is 0 Å². The van der Waals surface area contributed by atoms with Crippen molar-refractivity contribution in [2.75, 3.05) is 13.1 Å². The Hall–Kier alpha value is -2.57. The number of aliphatic carboxylic acids is 1. The molecule has 1 aromatic heterocycles. The number of rotatable bonds is 4. The molecule has 27 heavy (non-hydrogen) atoms. The summed E-state index contributed by atoms with van der Waals surface area (Å²) in [5.41, 5.74) is 2.04. The Morgan fingerprint density at radius 1 is 1.11 bits per heavy atom. The van der Waals surface area contributed by atoms with Gasteiger partial charge < -0.3 is 15.0 Å². The van der Waals surface area contributed by atoms with Crippen LogP contribution in [0.4, 0.5) is 0 Å². The second-order valence-corrected chi connectivity index (χ2v) is 7.80. The van der Waals surface area contributed by atoms with Crippen molar-refractivity contribution in [1.82, 2.24) is 14.5 Å². The Balaban J connectivity index is 1.52. The highest BCUT2D eigenvalue weighted by molar-refractivity contribution is 5.97. The molecule has 1 aliphatic carbocycles. The smallest absolute Gasteiger partial charge is 0.326 e. The number of aromatic nitrogens is 2. The molecule has 144 valence electrons. The Bertz CT molecular complexity index is 915. The fraction of sp³-hybridized carbons (Fsp3) is 0.550. The number of hydrogen-bond donors (Lipinski definition) is 2. The predicted octanol–water partition coefficient (Wildman–Crippen LogP) is 2.77. The fourth-order valence-electron chi connectivity index (χ4n) is 4.56. The van der Waals surface area contributed by atoms with Gasteiger partial charge in [-0.2, -0.15) is 0 Å². The van der Waals surface area contributed by atoms with Gasteiger partial charge in [0.1, 0.15) is 0 Å². The number of nitrogens with zero attached hydrogens (tertiary/aromatic N) is 2. The van der Waals surface area contributed by atoms with E-state index >= 15 is 0 Å². The molecule has 1 aromatic carbocycles. The van der Waals surface area contributed by atoms with Crippen molar-refractivity contribution >= 4 is 22.9 Å². The molecule has 7 nitrogen and oxygen atoms in total. The van der Waals surface area contributed by atoms with Gasteiger partial charge in [-0.3, -0.25) is 14.2 Å². The maximum Gasteiger partial charge on any atom is 0.326 e. The van der Waals surface area contributed by atoms with E-state index in [1.807, 2.05) is 10.6 Å². The van der Waals surface area contributed by atoms with Gasteiger partial charge in [0.15, 0.2) is 0 Å². The summed E-state index contributed by atoms with van der Waals surface area (Å²) in [6.07, 6.45) is 5.96. The quantitative estimate of drug-likeness (QED) is 0.864. The third-order valence-electron chi connectivity index (χ3n) is 6.02. The maximum atomic E-state index is 12.8. The molecule has 0 radical (unpaired) electrons. The number of carboxylic acids is 1. The topological polar surface area (TPSA) is 95.4 Å². The van der Waals surface area contributed by atoms with E-state index in [0.717, 1.165) is 44.0 Å². The number of aromatic amines is 1. The Kier molecular flexibility index (Phi) is 4.76. The van der Waals surface area contributed by atoms with Crippen molar-refractivity contribution in [3.8, 4) is 0 Å². The predicted molar refractivity (Wildman–Crippen MR) is 101 cm³/mol. The molecule has 4 rings (SSSR count). The van der Waals surface area contributed by atoms with Crippen molar-refractivity contribution in [1.29, 1.82) is 0 Å². The lowest BCUT2D eigenvalue weighted by molar-refractivity contribution is -0.138. The number of carbonyl (C=O) groups is 2. The summed E-state index contributed by atoms with van der Waals surface area (Å²) in [4.78, 5) is 40.8. The number of piperidine rings is 1. The number of nitrogens with one attached hydrogen (secondary N) is 1. The molecule has 1 aliphatic heterocycles. The second-order valence-electron chi connectivity index (χ2n) is 7.80. The molecule has 7 heteroatoms. The highest BCUT2D eigenvalue weighted by Crippen LogP contribution is 2.31. The number of likely N-dealkylation sites (tertiary alicyclic amines) is 1. The minimum atomic E-state index is -0.777. The van der Waals surface area contributed by atoms with Crippen LogP contribution in [0.25, 0.3) is 11.0 Å². The van der Waals surface area contributed by atoms with Gasteiger partial charge in [-0.1, -0.05) is 12.8 Å². The average molecular weight is 371 g/mol. The third kappa shape index (κ3) is 3.50. The standard InChI is InChI=1S/C20H25N3O4/c24-18(25)11-13-7-9-22(10-8-13)19(26)14-5-6-17-16(12-14)21-20(27)23(17)15-3-1-2-4-15/h5-6,12-13,15H,1-4,7-11H2,(H,21,27)(H,24,25). The molecule has 1 saturated heterocycles. The molecule has 2 aliphatic rings. The van der Waals surface area contributed by atoms with E-state index in [9.17, 15) is 14.4 Å². The molecule has 2 N–H and O–H groups in total. The zero-order valence-electron chi connectivity index (χ0n) is 15.3. The highest BCUT2D eigenvalue weighted by atomic mass is 16.4. The van der Waals surface area contributed by atoms with Gasteiger partial charge >= 0.3 is 11.7 Å². The van der Waals surface area contributed by atoms with Crippen LogP contribution in [0.5, 0.6) is 0 Å². The number of imidazole rings is 1. The third-order valence-corrected chi connectivity index (χ3v) is 6.02. The van der Waals surface area contributed by atoms with Crippen LogP contribution in [-0.4, -0.2) is 44.5 Å². The number of H-pyrrole nitrogens is 1. The fourth-order valence-corrected chi connectivity index (χ4v) is 4.56. The number of amides is 1. The highest BCUT2D eigenvalue weighted by Gasteiger charge is 2.26. The number of hydrogen-bond acceptors (Lipinski definition) is 3. The molecule has 0 bridgehead atoms. The summed E-state index contributed by atoms with van der Waals surface area (Å²) in [5, 5.41) is 8.91. The van der Waals surface area contributed by atoms with Crippen LogP contribution < -0.4 is 5.69 Å². The molecule has 0 spiro atoms. The first-order chi connectivity index (χ1) is 13.0. The van der Waals surface area contributed by atoms with Crippen molar-refractivity contribution < 1.29 is 14.7 Å². The summed E-state index contributed by atoms with van der Waals surface area (Å²) in [5.74, 6) is -0.688. The van der Waals surface area contributed by atoms with E-state index in [0.29, 0.717) is 24.2 Å². The lowest BCUT2D eigenvalue weighted by Crippen LogP contribution is -2.38. The number of carbonyl (C=O) groups excluding carboxylic acids is 1. The van der Waals surface area contributed by atoms with Crippen LogP contribution in [0, 0.1) is 5.92 Å². The lowest BCUT2D eigenvalue weighted by Gasteiger charge is -2.31. The molecule has 1 saturated carbocycles. The summed E-state index contributed by atoms with van der Waals surface area (Å²) < 4.78 is 1.84. The molecule has 0 unspecified atom stereocenters. The molecule has 1 amide bonds. The van der Waals surface area contributed by atoms with Gasteiger partial charge in [0.05, 0.1) is 11.0 Å². The van der Waals surface area contributed by atoms with Crippen molar-refractivity contribution in [3.05, 3.63) is 34.2 Å². The lowest BCUT2D eigenvalue weighted by atomic mass is 9.93. The van der Waals surface area contributed by atoms with Gasteiger partial charge in [0, 0.05) is 31.1 Å². The van der Waals surface area contributed by atoms with Crippen LogP contribution in [0.3, 0.4) is 0 Å². The minimum absolute atomic E-state index is 0.0554. The molecular weight excluding hydrogens is 346 g/mol. The molecular formula is C20H25N3O4. The molecule has 2 fully saturated rings. The van der Waals surface area contributed by atoms with Gasteiger partial charge in [0.25, 0.3) is 5.91 Å². The van der Waals surface area contributed by atoms with E-state index in [1.54, 1.807) is 17.0 Å². The minimum Gasteiger partial charge on any atom is -0.481 e. The number of carboxylic acid groups (broad SMARTS) is 1. The largest absolute Gasteiger partial charge is 0.481 e. The van der Waals surface area contributed by atoms with Crippen LogP contribution in [-0.2, 0) is 4.79 Å². The summed E-state index contributed by atoms with van der Waals surface area (Å²) in [6, 6.07) is 5.69. The Morgan fingerprint density at radius 2 is 1.81 bits per heavy atom. The van der Waals surface area contributed by atoms with Gasteiger partial charge in [-0.25, -0.2) is 4.79 Å². The molecule has 0 atom stereocenters. The maximum absolute atomic E-state index is 12.8. The van der Waals surface area contributed by atoms with Crippen molar-refractivity contribution in [2.45, 2.75) is 51.0 Å². The van der Waals surface area contributed by atoms with Crippen LogP contribution in [0.15, 0.2) is 23.0 Å². The van der Waals surface area contributed by atoms with Crippen molar-refractivity contribution in [2.24, 2.45) is 5.92 Å². The normalized spacial score (nSPS) is 19.0. The first kappa shape index (κ1) is 17.8. The van der Waals surface area contributed by atoms with E-state index in [1.165, 1.54) is 0 Å². The first-order valence-electron chi connectivity index (χ1n) is 9.78. The van der Waals surface area contributed by atoms with E-state index in [4.69, 9.17) is 5.11 Å². The summed E-state index contributed by atoms with van der Waals surface area (Å²) in [6.45, 7) is 1.16. The summed E-state index contributed by atoms with van der Waals surface area (Å²) >= 11 is 0. The Labute approximate surface area is 157 Å². The second kappa shape index (κ2) is 7.21. The van der Waals surface area contributed by atoms with Crippen LogP contribution >= 0.6 is 0 Å². The zero-order valence-corrected chi connectivity index (χ0v) is 15.3. The molecule has 2 heterocycles. The zero-order chi connectivity index (χ0) is 19.0. The van der Waals surface area contributed by atoms with Gasteiger partial charge in [-0.15, -0.1) is 0 Å². The monoisotopic (exact) mass is 371 g/mol. The van der Waals surface area contributed by atoms with Crippen LogP contribution in [0.1, 0.15) is 61.3 Å². The van der Waals surface area contributed by atoms with E-state index in [-0.39, 0.29) is 30.0 Å². The number of fused-ring (bicyclic) bond motifs is 1. The number of benzene rings is 1. The SMILES string of the molecule is O=C(O)CC1CCN(C(=O)c2ccc3c(c2)[nH]c(=O)n3C2CCCC2)CC1. The van der Waals surface area contributed by atoms with E-state index < -0.39 is 5.97 Å².